The zero-order chi connectivity index (χ0) is 25.9. The number of esters is 1. The second-order valence-corrected chi connectivity index (χ2v) is 11.8. The summed E-state index contributed by atoms with van der Waals surface area (Å²) in [4.78, 5) is 30.7. The molecular weight excluding hydrogens is 466 g/mol. The van der Waals surface area contributed by atoms with E-state index in [-0.39, 0.29) is 30.3 Å². The van der Waals surface area contributed by atoms with Crippen molar-refractivity contribution >= 4 is 29.2 Å². The summed E-state index contributed by atoms with van der Waals surface area (Å²) in [6.45, 7) is 10.9. The van der Waals surface area contributed by atoms with Crippen molar-refractivity contribution in [1.82, 2.24) is 4.98 Å². The average molecular weight is 508 g/mol. The SMILES string of the molecule is CCc1nc(/C=C(\C)C2C[C@@H]3O[C@@H]3CCC[C@H](C)[C@H](O)[C@@H](C)C(=O)C(C)(C)[C@@H](O)CC(=O)O2)cs1. The number of cyclic esters (lactones) is 1. The van der Waals surface area contributed by atoms with Crippen LogP contribution in [0.3, 0.4) is 0 Å². The van der Waals surface area contributed by atoms with Gasteiger partial charge in [0, 0.05) is 17.7 Å². The van der Waals surface area contributed by atoms with Crippen molar-refractivity contribution in [1.29, 1.82) is 0 Å². The molecule has 0 aliphatic carbocycles. The van der Waals surface area contributed by atoms with Crippen LogP contribution < -0.4 is 0 Å². The molecule has 0 bridgehead atoms. The van der Waals surface area contributed by atoms with Crippen LogP contribution in [-0.4, -0.2) is 57.5 Å². The maximum absolute atomic E-state index is 13.2. The van der Waals surface area contributed by atoms with Crippen molar-refractivity contribution in [3.63, 3.8) is 0 Å². The van der Waals surface area contributed by atoms with Crippen molar-refractivity contribution in [2.24, 2.45) is 17.3 Å². The van der Waals surface area contributed by atoms with E-state index in [1.165, 1.54) is 0 Å². The van der Waals surface area contributed by atoms with Gasteiger partial charge >= 0.3 is 5.97 Å². The van der Waals surface area contributed by atoms with Crippen LogP contribution in [0.25, 0.3) is 6.08 Å². The maximum Gasteiger partial charge on any atom is 0.309 e. The van der Waals surface area contributed by atoms with Crippen LogP contribution in [0.1, 0.15) is 84.3 Å². The number of rotatable bonds is 3. The molecule has 1 unspecified atom stereocenters. The zero-order valence-corrected chi connectivity index (χ0v) is 22.6. The normalized spacial score (nSPS) is 35.3. The standard InChI is InChI=1S/C27H41NO6S/c1-7-23-28-18(14-35-23)11-16(3)20-12-21-19(33-21)10-8-9-15(2)25(31)17(4)26(32)27(5,6)22(29)13-24(30)34-20/h11,14-15,17,19-22,25,29,31H,7-10,12-13H2,1-6H3/b16-11+/t15-,17+,19+,20?,21-,22-,25-/m0/s1. The minimum atomic E-state index is -1.22. The van der Waals surface area contributed by atoms with Gasteiger partial charge in [-0.2, -0.15) is 0 Å². The first-order chi connectivity index (χ1) is 16.4. The summed E-state index contributed by atoms with van der Waals surface area (Å²) in [5, 5.41) is 24.7. The number of aliphatic hydroxyl groups excluding tert-OH is 2. The van der Waals surface area contributed by atoms with Gasteiger partial charge in [-0.3, -0.25) is 9.59 Å². The van der Waals surface area contributed by atoms with Crippen LogP contribution in [0.5, 0.6) is 0 Å². The van der Waals surface area contributed by atoms with E-state index in [0.29, 0.717) is 6.42 Å². The van der Waals surface area contributed by atoms with Crippen molar-refractivity contribution in [3.8, 4) is 0 Å². The van der Waals surface area contributed by atoms with E-state index in [2.05, 4.69) is 11.9 Å². The number of ether oxygens (including phenoxy) is 2. The number of epoxide rings is 1. The Bertz CT molecular complexity index is 925. The Morgan fingerprint density at radius 1 is 1.23 bits per heavy atom. The highest BCUT2D eigenvalue weighted by atomic mass is 32.1. The van der Waals surface area contributed by atoms with Gasteiger partial charge in [0.1, 0.15) is 11.9 Å². The van der Waals surface area contributed by atoms with E-state index in [1.54, 1.807) is 32.1 Å². The molecule has 2 saturated heterocycles. The summed E-state index contributed by atoms with van der Waals surface area (Å²) in [6, 6.07) is 0. The fraction of sp³-hybridized carbons (Fsp3) is 0.741. The molecule has 35 heavy (non-hydrogen) atoms. The van der Waals surface area contributed by atoms with Gasteiger partial charge in [-0.1, -0.05) is 41.0 Å². The second kappa shape index (κ2) is 11.6. The first kappa shape index (κ1) is 28.0. The van der Waals surface area contributed by atoms with Gasteiger partial charge < -0.3 is 19.7 Å². The number of hydrogen-bond acceptors (Lipinski definition) is 8. The summed E-state index contributed by atoms with van der Waals surface area (Å²) < 4.78 is 11.7. The van der Waals surface area contributed by atoms with Crippen LogP contribution in [-0.2, 0) is 25.5 Å². The topological polar surface area (TPSA) is 109 Å². The molecule has 3 rings (SSSR count). The van der Waals surface area contributed by atoms with Gasteiger partial charge in [-0.15, -0.1) is 11.3 Å². The molecule has 0 saturated carbocycles. The van der Waals surface area contributed by atoms with Crippen LogP contribution in [0.4, 0.5) is 0 Å². The molecule has 0 spiro atoms. The predicted octanol–water partition coefficient (Wildman–Crippen LogP) is 4.34. The summed E-state index contributed by atoms with van der Waals surface area (Å²) in [5.41, 5.74) is 0.518. The number of carbonyl (C=O) groups is 2. The Hall–Kier alpha value is -1.61. The highest BCUT2D eigenvalue weighted by Crippen LogP contribution is 2.36. The minimum absolute atomic E-state index is 0.00721. The van der Waals surface area contributed by atoms with Gasteiger partial charge in [0.05, 0.1) is 47.0 Å². The molecule has 8 heteroatoms. The van der Waals surface area contributed by atoms with Crippen LogP contribution in [0.2, 0.25) is 0 Å². The number of aromatic nitrogens is 1. The fourth-order valence-electron chi connectivity index (χ4n) is 4.89. The number of aryl methyl sites for hydroxylation is 1. The lowest BCUT2D eigenvalue weighted by Crippen LogP contribution is -2.45. The average Bonchev–Trinajstić information content (AvgIpc) is 3.38. The largest absolute Gasteiger partial charge is 0.458 e. The highest BCUT2D eigenvalue weighted by molar-refractivity contribution is 7.09. The van der Waals surface area contributed by atoms with Crippen molar-refractivity contribution in [3.05, 3.63) is 21.7 Å². The smallest absolute Gasteiger partial charge is 0.309 e. The van der Waals surface area contributed by atoms with Crippen molar-refractivity contribution < 1.29 is 29.3 Å². The van der Waals surface area contributed by atoms with E-state index in [0.717, 1.165) is 42.0 Å². The van der Waals surface area contributed by atoms with Gasteiger partial charge in [-0.05, 0) is 43.8 Å². The zero-order valence-electron chi connectivity index (χ0n) is 21.8. The third-order valence-electron chi connectivity index (χ3n) is 7.65. The fourth-order valence-corrected chi connectivity index (χ4v) is 5.59. The minimum Gasteiger partial charge on any atom is -0.458 e. The molecule has 7 nitrogen and oxygen atoms in total. The predicted molar refractivity (Wildman–Crippen MR) is 136 cm³/mol. The van der Waals surface area contributed by atoms with Gasteiger partial charge in [0.25, 0.3) is 0 Å². The third kappa shape index (κ3) is 7.00. The van der Waals surface area contributed by atoms with Gasteiger partial charge in [0.2, 0.25) is 0 Å². The van der Waals surface area contributed by atoms with Crippen molar-refractivity contribution in [2.75, 3.05) is 0 Å². The lowest BCUT2D eigenvalue weighted by Gasteiger charge is -2.34. The molecule has 0 aromatic carbocycles. The molecule has 2 fully saturated rings. The lowest BCUT2D eigenvalue weighted by atomic mass is 9.73. The lowest BCUT2D eigenvalue weighted by molar-refractivity contribution is -0.154. The Morgan fingerprint density at radius 3 is 2.60 bits per heavy atom. The Balaban J connectivity index is 1.81. The van der Waals surface area contributed by atoms with Gasteiger partial charge in [0.15, 0.2) is 0 Å². The molecule has 7 atom stereocenters. The van der Waals surface area contributed by atoms with E-state index in [4.69, 9.17) is 9.47 Å². The Morgan fingerprint density at radius 2 is 1.94 bits per heavy atom. The molecule has 1 aromatic rings. The molecule has 3 heterocycles. The number of thiazole rings is 1. The monoisotopic (exact) mass is 507 g/mol. The third-order valence-corrected chi connectivity index (χ3v) is 8.66. The summed E-state index contributed by atoms with van der Waals surface area (Å²) in [6.07, 6.45) is 3.17. The van der Waals surface area contributed by atoms with E-state index in [9.17, 15) is 19.8 Å². The molecule has 2 aliphatic heterocycles. The molecular formula is C27H41NO6S. The second-order valence-electron chi connectivity index (χ2n) is 10.8. The first-order valence-corrected chi connectivity index (χ1v) is 13.7. The highest BCUT2D eigenvalue weighted by Gasteiger charge is 2.44. The molecule has 2 aliphatic rings. The summed E-state index contributed by atoms with van der Waals surface area (Å²) >= 11 is 1.60. The van der Waals surface area contributed by atoms with E-state index < -0.39 is 35.6 Å². The summed E-state index contributed by atoms with van der Waals surface area (Å²) in [7, 11) is 0. The number of carbonyl (C=O) groups excluding carboxylic acids is 2. The van der Waals surface area contributed by atoms with Crippen LogP contribution in [0.15, 0.2) is 11.0 Å². The van der Waals surface area contributed by atoms with E-state index >= 15 is 0 Å². The van der Waals surface area contributed by atoms with Crippen LogP contribution >= 0.6 is 11.3 Å². The number of nitrogens with zero attached hydrogens (tertiary/aromatic N) is 1. The maximum atomic E-state index is 13.2. The Kier molecular flexibility index (Phi) is 9.29. The number of hydrogen-bond donors (Lipinski definition) is 2. The van der Waals surface area contributed by atoms with Crippen molar-refractivity contribution in [2.45, 2.75) is 111 Å². The van der Waals surface area contributed by atoms with Crippen LogP contribution in [0, 0.1) is 17.3 Å². The molecule has 0 amide bonds. The number of fused-ring (bicyclic) bond motifs is 1. The quantitative estimate of drug-likeness (QED) is 0.463. The number of Topliss-reactive ketones (excluding diaryl/α,β-unsaturated/α-hetero) is 1. The number of aliphatic hydroxyl groups is 2. The molecule has 0 radical (unpaired) electrons. The molecule has 196 valence electrons. The molecule has 1 aromatic heterocycles. The molecule has 2 N–H and O–H groups in total. The Labute approximate surface area is 212 Å². The number of ketones is 1. The first-order valence-electron chi connectivity index (χ1n) is 12.8. The van der Waals surface area contributed by atoms with E-state index in [1.807, 2.05) is 25.3 Å². The van der Waals surface area contributed by atoms with Gasteiger partial charge in [-0.25, -0.2) is 4.98 Å². The summed E-state index contributed by atoms with van der Waals surface area (Å²) in [5.74, 6) is -1.51.